The molecule has 3 rings (SSSR count). The number of fused-ring (bicyclic) bond motifs is 1. The van der Waals surface area contributed by atoms with Crippen LogP contribution in [0.4, 0.5) is 5.69 Å². The van der Waals surface area contributed by atoms with Crippen molar-refractivity contribution in [1.82, 2.24) is 0 Å². The first kappa shape index (κ1) is 23.5. The van der Waals surface area contributed by atoms with Gasteiger partial charge >= 0.3 is 0 Å². The summed E-state index contributed by atoms with van der Waals surface area (Å²) in [4.78, 5) is 37.8. The number of phenolic OH excluding ortho intramolecular Hbond substituents is 1. The third-order valence-corrected chi connectivity index (χ3v) is 6.13. The van der Waals surface area contributed by atoms with Crippen LogP contribution in [-0.2, 0) is 16.0 Å². The van der Waals surface area contributed by atoms with E-state index < -0.39 is 12.0 Å². The molecule has 0 aromatic heterocycles. The molecule has 0 aliphatic carbocycles. The van der Waals surface area contributed by atoms with E-state index >= 15 is 0 Å². The smallest absolute Gasteiger partial charge is 0.214 e. The molecule has 32 heavy (non-hydrogen) atoms. The van der Waals surface area contributed by atoms with E-state index in [1.807, 2.05) is 25.1 Å². The van der Waals surface area contributed by atoms with Gasteiger partial charge in [-0.2, -0.15) is 0 Å². The molecule has 6 nitrogen and oxygen atoms in total. The minimum atomic E-state index is -0.536. The van der Waals surface area contributed by atoms with Crippen LogP contribution < -0.4 is 9.64 Å². The predicted molar refractivity (Wildman–Crippen MR) is 123 cm³/mol. The molecular weight excluding hydrogens is 406 g/mol. The SMILES string of the molecule is CC(=O)CC[C@@H]1C(=O)c2c(O)cc(O[C@H](C)CCCc3ccccc3)cc2N(C=O)[C@@H]1C. The minimum Gasteiger partial charge on any atom is -0.507 e. The highest BCUT2D eigenvalue weighted by Gasteiger charge is 2.39. The van der Waals surface area contributed by atoms with Gasteiger partial charge in [0, 0.05) is 30.5 Å². The van der Waals surface area contributed by atoms with Gasteiger partial charge in [-0.1, -0.05) is 30.3 Å². The van der Waals surface area contributed by atoms with Crippen LogP contribution >= 0.6 is 0 Å². The molecule has 0 bridgehead atoms. The van der Waals surface area contributed by atoms with Crippen molar-refractivity contribution in [1.29, 1.82) is 0 Å². The number of anilines is 1. The number of carbonyl (C=O) groups is 3. The molecule has 1 aliphatic rings. The quantitative estimate of drug-likeness (QED) is 0.544. The molecule has 2 aromatic rings. The van der Waals surface area contributed by atoms with Crippen LogP contribution in [0.15, 0.2) is 42.5 Å². The van der Waals surface area contributed by atoms with Crippen molar-refractivity contribution in [2.24, 2.45) is 5.92 Å². The Labute approximate surface area is 189 Å². The number of hydrogen-bond donors (Lipinski definition) is 1. The lowest BCUT2D eigenvalue weighted by Gasteiger charge is -2.37. The molecule has 2 aromatic carbocycles. The van der Waals surface area contributed by atoms with Crippen molar-refractivity contribution < 1.29 is 24.2 Å². The van der Waals surface area contributed by atoms with Crippen molar-refractivity contribution in [2.75, 3.05) is 4.90 Å². The summed E-state index contributed by atoms with van der Waals surface area (Å²) in [6, 6.07) is 12.9. The summed E-state index contributed by atoms with van der Waals surface area (Å²) in [5.41, 5.74) is 1.75. The highest BCUT2D eigenvalue weighted by Crippen LogP contribution is 2.42. The molecule has 1 heterocycles. The standard InChI is InChI=1S/C26H31NO5/c1-17(29)12-13-22-19(3)27(16-28)23-14-21(15-24(30)25(23)26(22)31)32-18(2)8-7-11-20-9-5-4-6-10-20/h4-6,9-10,14-16,18-19,22,30H,7-8,11-13H2,1-3H3/t18-,19-,22+/m1/s1. The zero-order valence-corrected chi connectivity index (χ0v) is 18.9. The van der Waals surface area contributed by atoms with Gasteiger partial charge in [0.1, 0.15) is 17.3 Å². The number of aromatic hydroxyl groups is 1. The maximum atomic E-state index is 13.1. The molecule has 0 saturated carbocycles. The van der Waals surface area contributed by atoms with Gasteiger partial charge in [0.05, 0.1) is 17.4 Å². The van der Waals surface area contributed by atoms with Gasteiger partial charge in [0.15, 0.2) is 5.78 Å². The normalized spacial score (nSPS) is 18.7. The molecule has 0 saturated heterocycles. The highest BCUT2D eigenvalue weighted by molar-refractivity contribution is 6.10. The first-order valence-electron chi connectivity index (χ1n) is 11.2. The van der Waals surface area contributed by atoms with Gasteiger partial charge < -0.3 is 19.5 Å². The maximum absolute atomic E-state index is 13.1. The zero-order chi connectivity index (χ0) is 23.3. The summed E-state index contributed by atoms with van der Waals surface area (Å²) in [6.45, 7) is 5.23. The van der Waals surface area contributed by atoms with Crippen LogP contribution in [0, 0.1) is 5.92 Å². The third-order valence-electron chi connectivity index (χ3n) is 6.13. The van der Waals surface area contributed by atoms with Crippen molar-refractivity contribution >= 4 is 23.7 Å². The van der Waals surface area contributed by atoms with Gasteiger partial charge in [-0.15, -0.1) is 0 Å². The van der Waals surface area contributed by atoms with Gasteiger partial charge in [-0.05, 0) is 52.0 Å². The first-order valence-corrected chi connectivity index (χ1v) is 11.2. The summed E-state index contributed by atoms with van der Waals surface area (Å²) in [7, 11) is 0. The van der Waals surface area contributed by atoms with Gasteiger partial charge in [0.2, 0.25) is 6.41 Å². The number of nitrogens with zero attached hydrogens (tertiary/aromatic N) is 1. The fourth-order valence-electron chi connectivity index (χ4n) is 4.34. The summed E-state index contributed by atoms with van der Waals surface area (Å²) in [5.74, 6) is -0.575. The van der Waals surface area contributed by atoms with Crippen LogP contribution in [0.1, 0.15) is 62.4 Å². The first-order chi connectivity index (χ1) is 15.3. The van der Waals surface area contributed by atoms with Crippen LogP contribution in [0.5, 0.6) is 11.5 Å². The molecule has 6 heteroatoms. The molecule has 170 valence electrons. The third kappa shape index (κ3) is 5.36. The number of carbonyl (C=O) groups excluding carboxylic acids is 3. The summed E-state index contributed by atoms with van der Waals surface area (Å²) < 4.78 is 6.01. The van der Waals surface area contributed by atoms with Crippen molar-refractivity contribution in [3.05, 3.63) is 53.6 Å². The van der Waals surface area contributed by atoms with E-state index in [2.05, 4.69) is 12.1 Å². The zero-order valence-electron chi connectivity index (χ0n) is 18.9. The van der Waals surface area contributed by atoms with E-state index in [1.165, 1.54) is 23.5 Å². The molecule has 1 N–H and O–H groups in total. The van der Waals surface area contributed by atoms with Crippen LogP contribution in [-0.4, -0.2) is 35.2 Å². The van der Waals surface area contributed by atoms with E-state index in [1.54, 1.807) is 13.0 Å². The average molecular weight is 438 g/mol. The number of rotatable bonds is 10. The predicted octanol–water partition coefficient (Wildman–Crippen LogP) is 4.72. The number of Topliss-reactive ketones (excluding diaryl/α,β-unsaturated/α-hetero) is 2. The molecule has 0 unspecified atom stereocenters. The van der Waals surface area contributed by atoms with Crippen LogP contribution in [0.3, 0.4) is 0 Å². The Bertz CT molecular complexity index is 972. The molecule has 3 atom stereocenters. The van der Waals surface area contributed by atoms with E-state index in [0.29, 0.717) is 24.3 Å². The van der Waals surface area contributed by atoms with Crippen molar-refractivity contribution in [3.63, 3.8) is 0 Å². The number of hydrogen-bond acceptors (Lipinski definition) is 5. The number of aryl methyl sites for hydroxylation is 1. The number of amides is 1. The number of benzene rings is 2. The summed E-state index contributed by atoms with van der Waals surface area (Å²) in [5, 5.41) is 10.6. The largest absolute Gasteiger partial charge is 0.507 e. The fourth-order valence-corrected chi connectivity index (χ4v) is 4.34. The average Bonchev–Trinajstić information content (AvgIpc) is 2.74. The lowest BCUT2D eigenvalue weighted by molar-refractivity contribution is -0.117. The molecule has 0 spiro atoms. The second kappa shape index (κ2) is 10.4. The van der Waals surface area contributed by atoms with Gasteiger partial charge in [0.25, 0.3) is 0 Å². The van der Waals surface area contributed by atoms with E-state index in [0.717, 1.165) is 19.3 Å². The number of phenols is 1. The number of ether oxygens (including phenoxy) is 1. The summed E-state index contributed by atoms with van der Waals surface area (Å²) >= 11 is 0. The fraction of sp³-hybridized carbons (Fsp3) is 0.423. The Hall–Kier alpha value is -3.15. The van der Waals surface area contributed by atoms with E-state index in [4.69, 9.17) is 4.74 Å². The lowest BCUT2D eigenvalue weighted by Crippen LogP contribution is -2.46. The molecular formula is C26H31NO5. The molecule has 0 radical (unpaired) electrons. The van der Waals surface area contributed by atoms with Crippen LogP contribution in [0.25, 0.3) is 0 Å². The van der Waals surface area contributed by atoms with Gasteiger partial charge in [-0.25, -0.2) is 0 Å². The second-order valence-corrected chi connectivity index (χ2v) is 8.61. The Morgan fingerprint density at radius 2 is 1.97 bits per heavy atom. The Morgan fingerprint density at radius 1 is 1.25 bits per heavy atom. The monoisotopic (exact) mass is 437 g/mol. The van der Waals surface area contributed by atoms with E-state index in [-0.39, 0.29) is 35.4 Å². The molecule has 1 aliphatic heterocycles. The van der Waals surface area contributed by atoms with Crippen molar-refractivity contribution in [3.8, 4) is 11.5 Å². The van der Waals surface area contributed by atoms with E-state index in [9.17, 15) is 19.5 Å². The lowest BCUT2D eigenvalue weighted by atomic mass is 9.81. The molecule has 1 amide bonds. The minimum absolute atomic E-state index is 0.0114. The van der Waals surface area contributed by atoms with Gasteiger partial charge in [-0.3, -0.25) is 9.59 Å². The highest BCUT2D eigenvalue weighted by atomic mass is 16.5. The van der Waals surface area contributed by atoms with Crippen molar-refractivity contribution in [2.45, 2.75) is 65.0 Å². The maximum Gasteiger partial charge on any atom is 0.214 e. The topological polar surface area (TPSA) is 83.9 Å². The summed E-state index contributed by atoms with van der Waals surface area (Å²) in [6.07, 6.45) is 3.91. The second-order valence-electron chi connectivity index (χ2n) is 8.61. The van der Waals surface area contributed by atoms with Crippen LogP contribution in [0.2, 0.25) is 0 Å². The Balaban J connectivity index is 1.73. The number of ketones is 2. The molecule has 0 fully saturated rings. The Morgan fingerprint density at radius 3 is 2.62 bits per heavy atom. The Kier molecular flexibility index (Phi) is 7.67.